The van der Waals surface area contributed by atoms with Gasteiger partial charge in [0.1, 0.15) is 6.10 Å². The van der Waals surface area contributed by atoms with Crippen LogP contribution >= 0.6 is 0 Å². The number of aliphatic imine (C=N–C) groups is 1. The number of nitrogens with one attached hydrogen (secondary N) is 1. The van der Waals surface area contributed by atoms with Gasteiger partial charge >= 0.3 is 0 Å². The fourth-order valence-corrected chi connectivity index (χ4v) is 4.79. The first-order chi connectivity index (χ1) is 14.0. The van der Waals surface area contributed by atoms with Crippen molar-refractivity contribution < 1.29 is 9.53 Å². The molecule has 0 aromatic rings. The fourth-order valence-electron chi connectivity index (χ4n) is 4.79. The molecule has 3 aliphatic heterocycles. The van der Waals surface area contributed by atoms with Gasteiger partial charge in [0.05, 0.1) is 0 Å². The van der Waals surface area contributed by atoms with Crippen LogP contribution in [0.15, 0.2) is 4.99 Å². The van der Waals surface area contributed by atoms with E-state index in [0.717, 1.165) is 64.0 Å². The third kappa shape index (κ3) is 5.85. The lowest BCUT2D eigenvalue weighted by molar-refractivity contribution is -0.142. The number of guanidine groups is 1. The number of piperidine rings is 1. The van der Waals surface area contributed by atoms with Crippen LogP contribution in [0.4, 0.5) is 0 Å². The Balaban J connectivity index is 1.47. The first kappa shape index (κ1) is 22.3. The summed E-state index contributed by atoms with van der Waals surface area (Å²) >= 11 is 0. The molecular weight excluding hydrogens is 366 g/mol. The molecule has 0 saturated carbocycles. The molecular formula is C22H41N5O2. The Kier molecular flexibility index (Phi) is 8.18. The summed E-state index contributed by atoms with van der Waals surface area (Å²) in [7, 11) is 1.86. The van der Waals surface area contributed by atoms with Crippen molar-refractivity contribution in [3.05, 3.63) is 0 Å². The Hall–Kier alpha value is -1.34. The Morgan fingerprint density at radius 1 is 1.07 bits per heavy atom. The van der Waals surface area contributed by atoms with E-state index < -0.39 is 0 Å². The highest BCUT2D eigenvalue weighted by Crippen LogP contribution is 2.21. The minimum absolute atomic E-state index is 0.171. The van der Waals surface area contributed by atoms with Crippen LogP contribution in [0, 0.1) is 11.8 Å². The van der Waals surface area contributed by atoms with Gasteiger partial charge in [0.25, 0.3) is 5.91 Å². The van der Waals surface area contributed by atoms with E-state index >= 15 is 0 Å². The van der Waals surface area contributed by atoms with Gasteiger partial charge in [-0.05, 0) is 50.6 Å². The molecule has 3 rings (SSSR count). The molecule has 2 unspecified atom stereocenters. The summed E-state index contributed by atoms with van der Waals surface area (Å²) < 4.78 is 5.57. The third-order valence-corrected chi connectivity index (χ3v) is 6.83. The number of piperazine rings is 1. The maximum atomic E-state index is 12.6. The highest BCUT2D eigenvalue weighted by Gasteiger charge is 2.31. The van der Waals surface area contributed by atoms with Gasteiger partial charge in [-0.3, -0.25) is 14.7 Å². The number of nitrogens with zero attached hydrogens (tertiary/aromatic N) is 4. The number of carbonyl (C=O) groups excluding carboxylic acids is 1. The van der Waals surface area contributed by atoms with Gasteiger partial charge in [-0.25, -0.2) is 0 Å². The second-order valence-electron chi connectivity index (χ2n) is 9.27. The molecule has 7 heteroatoms. The summed E-state index contributed by atoms with van der Waals surface area (Å²) in [6.07, 6.45) is 4.27. The van der Waals surface area contributed by atoms with Crippen LogP contribution in [-0.4, -0.2) is 98.2 Å². The maximum absolute atomic E-state index is 12.6. The Morgan fingerprint density at radius 3 is 2.28 bits per heavy atom. The maximum Gasteiger partial charge on any atom is 0.251 e. The van der Waals surface area contributed by atoms with E-state index in [1.807, 2.05) is 11.9 Å². The van der Waals surface area contributed by atoms with Crippen LogP contribution in [0.3, 0.4) is 0 Å². The van der Waals surface area contributed by atoms with E-state index in [1.54, 1.807) is 0 Å². The van der Waals surface area contributed by atoms with Crippen molar-refractivity contribution in [1.82, 2.24) is 20.0 Å². The normalized spacial score (nSPS) is 26.2. The van der Waals surface area contributed by atoms with Gasteiger partial charge in [0.2, 0.25) is 0 Å². The number of carbonyl (C=O) groups is 1. The quantitative estimate of drug-likeness (QED) is 0.555. The molecule has 7 nitrogen and oxygen atoms in total. The smallest absolute Gasteiger partial charge is 0.251 e. The summed E-state index contributed by atoms with van der Waals surface area (Å²) in [5.74, 6) is 2.60. The number of hydrogen-bond donors (Lipinski definition) is 1. The zero-order valence-electron chi connectivity index (χ0n) is 18.9. The molecule has 3 heterocycles. The molecule has 1 N–H and O–H groups in total. The van der Waals surface area contributed by atoms with Crippen molar-refractivity contribution in [3.63, 3.8) is 0 Å². The van der Waals surface area contributed by atoms with E-state index in [1.165, 1.54) is 25.9 Å². The number of ether oxygens (including phenoxy) is 1. The van der Waals surface area contributed by atoms with Gasteiger partial charge < -0.3 is 19.9 Å². The van der Waals surface area contributed by atoms with Gasteiger partial charge in [-0.1, -0.05) is 20.8 Å². The highest BCUT2D eigenvalue weighted by atomic mass is 16.5. The second-order valence-corrected chi connectivity index (χ2v) is 9.27. The van der Waals surface area contributed by atoms with Crippen molar-refractivity contribution in [1.29, 1.82) is 0 Å². The van der Waals surface area contributed by atoms with E-state index in [9.17, 15) is 4.79 Å². The summed E-state index contributed by atoms with van der Waals surface area (Å²) in [4.78, 5) is 24.0. The van der Waals surface area contributed by atoms with Crippen molar-refractivity contribution in [3.8, 4) is 0 Å². The van der Waals surface area contributed by atoms with Gasteiger partial charge in [-0.2, -0.15) is 0 Å². The van der Waals surface area contributed by atoms with Crippen molar-refractivity contribution in [2.45, 2.75) is 58.6 Å². The predicted molar refractivity (Wildman–Crippen MR) is 117 cm³/mol. The largest absolute Gasteiger partial charge is 0.368 e. The first-order valence-corrected chi connectivity index (χ1v) is 11.6. The van der Waals surface area contributed by atoms with Crippen LogP contribution < -0.4 is 5.32 Å². The van der Waals surface area contributed by atoms with E-state index in [2.05, 4.69) is 40.9 Å². The van der Waals surface area contributed by atoms with Gasteiger partial charge in [0, 0.05) is 52.4 Å². The molecule has 0 spiro atoms. The van der Waals surface area contributed by atoms with Crippen molar-refractivity contribution >= 4 is 11.9 Å². The molecule has 29 heavy (non-hydrogen) atoms. The fraction of sp³-hybridized carbons (Fsp3) is 0.909. The lowest BCUT2D eigenvalue weighted by Gasteiger charge is -2.40. The second kappa shape index (κ2) is 10.6. The Labute approximate surface area is 176 Å². The SMILES string of the molecule is CN=C(NCC(C(C)C)N1CCC(C)CC1)N1CCN(C(=O)C2CCCO2)CC1. The molecule has 2 atom stereocenters. The number of likely N-dealkylation sites (tertiary alicyclic amines) is 1. The summed E-state index contributed by atoms with van der Waals surface area (Å²) in [6.45, 7) is 14.2. The van der Waals surface area contributed by atoms with E-state index in [4.69, 9.17) is 4.74 Å². The molecule has 0 aliphatic carbocycles. The van der Waals surface area contributed by atoms with Gasteiger partial charge in [0.15, 0.2) is 5.96 Å². The Bertz CT molecular complexity index is 545. The van der Waals surface area contributed by atoms with Crippen LogP contribution in [0.25, 0.3) is 0 Å². The summed E-state index contributed by atoms with van der Waals surface area (Å²) in [5.41, 5.74) is 0. The number of amides is 1. The standard InChI is InChI=1S/C22H41N5O2/c1-17(2)19(25-9-7-18(3)8-10-25)16-24-22(23-4)27-13-11-26(12-14-27)21(28)20-6-5-15-29-20/h17-20H,5-16H2,1-4H3,(H,23,24). The molecule has 0 aromatic heterocycles. The van der Waals surface area contributed by atoms with E-state index in [-0.39, 0.29) is 12.0 Å². The van der Waals surface area contributed by atoms with Crippen LogP contribution in [0.5, 0.6) is 0 Å². The average molecular weight is 408 g/mol. The van der Waals surface area contributed by atoms with Crippen molar-refractivity contribution in [2.75, 3.05) is 59.5 Å². The van der Waals surface area contributed by atoms with Gasteiger partial charge in [-0.15, -0.1) is 0 Å². The van der Waals surface area contributed by atoms with Crippen molar-refractivity contribution in [2.24, 2.45) is 16.8 Å². The molecule has 0 radical (unpaired) electrons. The lowest BCUT2D eigenvalue weighted by atomic mass is 9.94. The molecule has 1 amide bonds. The molecule has 3 aliphatic rings. The average Bonchev–Trinajstić information content (AvgIpc) is 3.27. The summed E-state index contributed by atoms with van der Waals surface area (Å²) in [6, 6.07) is 0.529. The minimum atomic E-state index is -0.210. The zero-order chi connectivity index (χ0) is 20.8. The van der Waals surface area contributed by atoms with Crippen LogP contribution in [-0.2, 0) is 9.53 Å². The third-order valence-electron chi connectivity index (χ3n) is 6.83. The summed E-state index contributed by atoms with van der Waals surface area (Å²) in [5, 5.41) is 3.63. The molecule has 0 bridgehead atoms. The lowest BCUT2D eigenvalue weighted by Crippen LogP contribution is -2.57. The zero-order valence-corrected chi connectivity index (χ0v) is 18.9. The van der Waals surface area contributed by atoms with Crippen LogP contribution in [0.1, 0.15) is 46.5 Å². The van der Waals surface area contributed by atoms with Crippen LogP contribution in [0.2, 0.25) is 0 Å². The molecule has 3 fully saturated rings. The molecule has 166 valence electrons. The van der Waals surface area contributed by atoms with E-state index in [0.29, 0.717) is 12.0 Å². The molecule has 3 saturated heterocycles. The predicted octanol–water partition coefficient (Wildman–Crippen LogP) is 1.64. The molecule has 0 aromatic carbocycles. The topological polar surface area (TPSA) is 60.4 Å². The minimum Gasteiger partial charge on any atom is -0.368 e. The Morgan fingerprint density at radius 2 is 1.72 bits per heavy atom. The monoisotopic (exact) mass is 407 g/mol. The number of rotatable bonds is 5. The number of hydrogen-bond acceptors (Lipinski definition) is 4. The first-order valence-electron chi connectivity index (χ1n) is 11.6. The highest BCUT2D eigenvalue weighted by molar-refractivity contribution is 5.82.